The Balaban J connectivity index is 0.00000420. The number of hydrogen-bond donors (Lipinski definition) is 2. The number of aliphatic imine (C=N–C) groups is 1. The highest BCUT2D eigenvalue weighted by atomic mass is 127. The zero-order chi connectivity index (χ0) is 19.9. The molecule has 2 aliphatic rings. The molecule has 0 amide bonds. The van der Waals surface area contributed by atoms with Gasteiger partial charge in [-0.15, -0.1) is 24.0 Å². The average molecular weight is 525 g/mol. The minimum Gasteiger partial charge on any atom is -0.381 e. The van der Waals surface area contributed by atoms with Crippen LogP contribution in [0.2, 0.25) is 0 Å². The van der Waals surface area contributed by atoms with Gasteiger partial charge in [0, 0.05) is 52.6 Å². The minimum atomic E-state index is 0. The summed E-state index contributed by atoms with van der Waals surface area (Å²) in [5.74, 6) is 2.50. The molecule has 1 atom stereocenters. The van der Waals surface area contributed by atoms with Crippen LogP contribution >= 0.6 is 24.0 Å². The third-order valence-corrected chi connectivity index (χ3v) is 5.69. The lowest BCUT2D eigenvalue weighted by Gasteiger charge is -2.30. The molecule has 1 unspecified atom stereocenters. The van der Waals surface area contributed by atoms with Crippen molar-refractivity contribution < 1.29 is 9.47 Å². The molecule has 0 spiro atoms. The summed E-state index contributed by atoms with van der Waals surface area (Å²) in [6.07, 6.45) is 8.50. The number of likely N-dealkylation sites (tertiary alicyclic amines) is 1. The molecule has 29 heavy (non-hydrogen) atoms. The summed E-state index contributed by atoms with van der Waals surface area (Å²) in [4.78, 5) is 7.31. The summed E-state index contributed by atoms with van der Waals surface area (Å²) in [6.45, 7) is 14.5. The second-order valence-electron chi connectivity index (χ2n) is 8.43. The number of unbranched alkanes of at least 4 members (excludes halogenated alkanes) is 1. The molecule has 0 radical (unpaired) electrons. The molecule has 2 N–H and O–H groups in total. The van der Waals surface area contributed by atoms with Gasteiger partial charge in [0.05, 0.1) is 0 Å². The van der Waals surface area contributed by atoms with E-state index in [2.05, 4.69) is 34.4 Å². The topological polar surface area (TPSA) is 58.1 Å². The van der Waals surface area contributed by atoms with Crippen molar-refractivity contribution in [1.29, 1.82) is 0 Å². The molecule has 2 aliphatic heterocycles. The Morgan fingerprint density at radius 1 is 1.14 bits per heavy atom. The van der Waals surface area contributed by atoms with Gasteiger partial charge in [0.25, 0.3) is 0 Å². The summed E-state index contributed by atoms with van der Waals surface area (Å²) in [5, 5.41) is 6.82. The lowest BCUT2D eigenvalue weighted by molar-refractivity contribution is 0.0205. The molecule has 2 rings (SSSR count). The number of rotatable bonds is 12. The quantitative estimate of drug-likeness (QED) is 0.177. The fraction of sp³-hybridized carbons (Fsp3) is 0.955. The van der Waals surface area contributed by atoms with Crippen LogP contribution in [0.25, 0.3) is 0 Å². The first-order chi connectivity index (χ1) is 13.8. The minimum absolute atomic E-state index is 0. The van der Waals surface area contributed by atoms with Crippen molar-refractivity contribution in [2.75, 3.05) is 65.7 Å². The van der Waals surface area contributed by atoms with Gasteiger partial charge in [-0.2, -0.15) is 0 Å². The van der Waals surface area contributed by atoms with E-state index in [4.69, 9.17) is 9.47 Å². The van der Waals surface area contributed by atoms with Crippen molar-refractivity contribution in [3.63, 3.8) is 0 Å². The van der Waals surface area contributed by atoms with Gasteiger partial charge >= 0.3 is 0 Å². The van der Waals surface area contributed by atoms with Gasteiger partial charge in [-0.1, -0.05) is 6.92 Å². The van der Waals surface area contributed by atoms with E-state index in [1.165, 1.54) is 45.3 Å². The van der Waals surface area contributed by atoms with Crippen LogP contribution in [0, 0.1) is 11.8 Å². The molecule has 7 heteroatoms. The van der Waals surface area contributed by atoms with Gasteiger partial charge in [-0.25, -0.2) is 0 Å². The van der Waals surface area contributed by atoms with Gasteiger partial charge in [-0.05, 0) is 76.8 Å². The Morgan fingerprint density at radius 3 is 2.72 bits per heavy atom. The number of piperidine rings is 1. The third kappa shape index (κ3) is 13.0. The molecule has 0 aromatic carbocycles. The van der Waals surface area contributed by atoms with Crippen molar-refractivity contribution in [2.45, 2.75) is 58.8 Å². The second kappa shape index (κ2) is 17.5. The van der Waals surface area contributed by atoms with Crippen LogP contribution in [0.1, 0.15) is 58.8 Å². The molecule has 172 valence electrons. The van der Waals surface area contributed by atoms with Crippen molar-refractivity contribution in [2.24, 2.45) is 16.8 Å². The molecule has 0 aliphatic carbocycles. The molecule has 0 aromatic rings. The fourth-order valence-electron chi connectivity index (χ4n) is 4.02. The van der Waals surface area contributed by atoms with Gasteiger partial charge in [0.1, 0.15) is 0 Å². The monoisotopic (exact) mass is 524 g/mol. The lowest BCUT2D eigenvalue weighted by Crippen LogP contribution is -2.38. The molecule has 2 fully saturated rings. The maximum Gasteiger partial charge on any atom is 0.191 e. The molecule has 2 heterocycles. The fourth-order valence-corrected chi connectivity index (χ4v) is 4.02. The third-order valence-electron chi connectivity index (χ3n) is 5.69. The molecule has 0 saturated carbocycles. The highest BCUT2D eigenvalue weighted by molar-refractivity contribution is 14.0. The van der Waals surface area contributed by atoms with Gasteiger partial charge in [-0.3, -0.25) is 4.99 Å². The number of nitrogens with zero attached hydrogens (tertiary/aromatic N) is 2. The number of guanidine groups is 1. The first-order valence-electron chi connectivity index (χ1n) is 11.7. The van der Waals surface area contributed by atoms with Crippen molar-refractivity contribution in [1.82, 2.24) is 15.5 Å². The van der Waals surface area contributed by atoms with Crippen LogP contribution < -0.4 is 10.6 Å². The van der Waals surface area contributed by atoms with Crippen LogP contribution in [0.15, 0.2) is 4.99 Å². The van der Waals surface area contributed by atoms with E-state index >= 15 is 0 Å². The van der Waals surface area contributed by atoms with Crippen LogP contribution in [-0.4, -0.2) is 76.6 Å². The van der Waals surface area contributed by atoms with Crippen LogP contribution in [0.4, 0.5) is 0 Å². The molecule has 6 nitrogen and oxygen atoms in total. The van der Waals surface area contributed by atoms with Crippen molar-refractivity contribution >= 4 is 29.9 Å². The standard InChI is InChI=1S/C22H44N4O2.HI/c1-3-23-22(24-11-4-5-13-26-14-6-8-20(2)18-26)25-12-7-15-28-19-21-9-16-27-17-10-21;/h20-21H,3-19H2,1-2H3,(H2,23,24,25);1H. The van der Waals surface area contributed by atoms with Gasteiger partial charge in [0.15, 0.2) is 5.96 Å². The summed E-state index contributed by atoms with van der Waals surface area (Å²) in [5.41, 5.74) is 0. The normalized spacial score (nSPS) is 21.6. The smallest absolute Gasteiger partial charge is 0.191 e. The number of ether oxygens (including phenoxy) is 2. The van der Waals surface area contributed by atoms with Crippen molar-refractivity contribution in [3.8, 4) is 0 Å². The molecular formula is C22H45IN4O2. The highest BCUT2D eigenvalue weighted by Gasteiger charge is 2.15. The lowest BCUT2D eigenvalue weighted by atomic mass is 10.0. The molecule has 0 aromatic heterocycles. The first-order valence-corrected chi connectivity index (χ1v) is 11.7. The van der Waals surface area contributed by atoms with Gasteiger partial charge in [0.2, 0.25) is 0 Å². The maximum absolute atomic E-state index is 5.82. The number of nitrogens with one attached hydrogen (secondary N) is 2. The van der Waals surface area contributed by atoms with E-state index in [1.807, 2.05) is 0 Å². The molecule has 2 saturated heterocycles. The second-order valence-corrected chi connectivity index (χ2v) is 8.43. The van der Waals surface area contributed by atoms with E-state index in [0.29, 0.717) is 5.92 Å². The highest BCUT2D eigenvalue weighted by Crippen LogP contribution is 2.16. The van der Waals surface area contributed by atoms with E-state index < -0.39 is 0 Å². The van der Waals surface area contributed by atoms with Crippen LogP contribution in [0.5, 0.6) is 0 Å². The zero-order valence-corrected chi connectivity index (χ0v) is 21.1. The predicted molar refractivity (Wildman–Crippen MR) is 132 cm³/mol. The van der Waals surface area contributed by atoms with E-state index in [0.717, 1.165) is 77.2 Å². The summed E-state index contributed by atoms with van der Waals surface area (Å²) in [7, 11) is 0. The van der Waals surface area contributed by atoms with Crippen LogP contribution in [-0.2, 0) is 9.47 Å². The van der Waals surface area contributed by atoms with Gasteiger partial charge < -0.3 is 25.0 Å². The van der Waals surface area contributed by atoms with Crippen LogP contribution in [0.3, 0.4) is 0 Å². The Labute approximate surface area is 196 Å². The summed E-state index contributed by atoms with van der Waals surface area (Å²) < 4.78 is 11.2. The number of hydrogen-bond acceptors (Lipinski definition) is 4. The number of halogens is 1. The van der Waals surface area contributed by atoms with E-state index in [1.54, 1.807) is 0 Å². The Kier molecular flexibility index (Phi) is 16.3. The maximum atomic E-state index is 5.82. The molecular weight excluding hydrogens is 479 g/mol. The Morgan fingerprint density at radius 2 is 1.97 bits per heavy atom. The zero-order valence-electron chi connectivity index (χ0n) is 18.8. The Bertz CT molecular complexity index is 420. The first kappa shape index (κ1) is 26.9. The summed E-state index contributed by atoms with van der Waals surface area (Å²) >= 11 is 0. The molecule has 0 bridgehead atoms. The largest absolute Gasteiger partial charge is 0.381 e. The van der Waals surface area contributed by atoms with Crippen molar-refractivity contribution in [3.05, 3.63) is 0 Å². The summed E-state index contributed by atoms with van der Waals surface area (Å²) in [6, 6.07) is 0. The predicted octanol–water partition coefficient (Wildman–Crippen LogP) is 3.50. The SMILES string of the molecule is CCNC(=NCCCOCC1CCOCC1)NCCCCN1CCCC(C)C1.I. The average Bonchev–Trinajstić information content (AvgIpc) is 2.71. The van der Waals surface area contributed by atoms with E-state index in [9.17, 15) is 0 Å². The van der Waals surface area contributed by atoms with E-state index in [-0.39, 0.29) is 24.0 Å². The Hall–Kier alpha value is -0.120.